The van der Waals surface area contributed by atoms with Crippen LogP contribution in [0.2, 0.25) is 0 Å². The summed E-state index contributed by atoms with van der Waals surface area (Å²) < 4.78 is 44.5. The van der Waals surface area contributed by atoms with Crippen LogP contribution >= 0.6 is 11.6 Å². The van der Waals surface area contributed by atoms with Crippen LogP contribution in [0.15, 0.2) is 18.2 Å². The maximum Gasteiger partial charge on any atom is 0.419 e. The number of carbonyl (C=O) groups is 1. The third-order valence-corrected chi connectivity index (χ3v) is 3.37. The van der Waals surface area contributed by atoms with E-state index in [1.807, 2.05) is 0 Å². The van der Waals surface area contributed by atoms with Gasteiger partial charge in [0.1, 0.15) is 5.75 Å². The molecule has 6 heteroatoms. The van der Waals surface area contributed by atoms with Crippen LogP contribution in [-0.2, 0) is 6.18 Å². The van der Waals surface area contributed by atoms with E-state index in [-0.39, 0.29) is 30.2 Å². The molecule has 22 heavy (non-hydrogen) atoms. The van der Waals surface area contributed by atoms with Crippen molar-refractivity contribution in [3.8, 4) is 5.75 Å². The molecule has 124 valence electrons. The smallest absolute Gasteiger partial charge is 0.419 e. The van der Waals surface area contributed by atoms with Gasteiger partial charge in [-0.3, -0.25) is 4.79 Å². The Morgan fingerprint density at radius 1 is 1.23 bits per heavy atom. The van der Waals surface area contributed by atoms with Gasteiger partial charge in [0.05, 0.1) is 12.2 Å². The van der Waals surface area contributed by atoms with E-state index in [0.717, 1.165) is 25.3 Å². The molecule has 0 heterocycles. The number of alkyl halides is 4. The first kappa shape index (κ1) is 18.8. The van der Waals surface area contributed by atoms with Gasteiger partial charge in [0.25, 0.3) is 0 Å². The molecular formula is C16H20ClF3O2. The quantitative estimate of drug-likeness (QED) is 0.339. The van der Waals surface area contributed by atoms with E-state index in [0.29, 0.717) is 6.42 Å². The van der Waals surface area contributed by atoms with Gasteiger partial charge in [0.15, 0.2) is 5.78 Å². The zero-order valence-electron chi connectivity index (χ0n) is 12.5. The minimum atomic E-state index is -4.56. The lowest BCUT2D eigenvalue weighted by molar-refractivity contribution is -0.139. The average Bonchev–Trinajstić information content (AvgIpc) is 2.46. The summed E-state index contributed by atoms with van der Waals surface area (Å²) in [6, 6.07) is 3.41. The summed E-state index contributed by atoms with van der Waals surface area (Å²) in [5, 5.41) is 0. The van der Waals surface area contributed by atoms with Crippen LogP contribution in [-0.4, -0.2) is 18.3 Å². The lowest BCUT2D eigenvalue weighted by atomic mass is 10.0. The largest absolute Gasteiger partial charge is 0.493 e. The predicted molar refractivity (Wildman–Crippen MR) is 80.7 cm³/mol. The highest BCUT2D eigenvalue weighted by molar-refractivity contribution is 6.19. The van der Waals surface area contributed by atoms with Crippen molar-refractivity contribution >= 4 is 17.4 Å². The van der Waals surface area contributed by atoms with Gasteiger partial charge < -0.3 is 4.74 Å². The summed E-state index contributed by atoms with van der Waals surface area (Å²) in [5.41, 5.74) is -0.908. The maximum atomic E-state index is 13.1. The van der Waals surface area contributed by atoms with Crippen molar-refractivity contribution in [1.29, 1.82) is 0 Å². The fourth-order valence-corrected chi connectivity index (χ4v) is 2.16. The highest BCUT2D eigenvalue weighted by atomic mass is 35.5. The van der Waals surface area contributed by atoms with Gasteiger partial charge in [-0.15, -0.1) is 11.6 Å². The van der Waals surface area contributed by atoms with E-state index < -0.39 is 17.5 Å². The van der Waals surface area contributed by atoms with Crippen molar-refractivity contribution in [2.24, 2.45) is 0 Å². The van der Waals surface area contributed by atoms with Crippen LogP contribution in [0, 0.1) is 0 Å². The second-order valence-corrected chi connectivity index (χ2v) is 5.36. The van der Waals surface area contributed by atoms with Gasteiger partial charge in [-0.25, -0.2) is 0 Å². The molecule has 0 aliphatic heterocycles. The number of ether oxygens (including phenoxy) is 1. The van der Waals surface area contributed by atoms with Crippen LogP contribution in [0.25, 0.3) is 0 Å². The van der Waals surface area contributed by atoms with E-state index in [9.17, 15) is 18.0 Å². The highest BCUT2D eigenvalue weighted by Crippen LogP contribution is 2.37. The van der Waals surface area contributed by atoms with Crippen molar-refractivity contribution in [2.75, 3.05) is 12.5 Å². The minimum absolute atomic E-state index is 0.00584. The molecule has 0 saturated heterocycles. The SMILES string of the molecule is CCCCCCOc1ccc(C(=O)CCCl)cc1C(F)(F)F. The van der Waals surface area contributed by atoms with E-state index in [1.165, 1.54) is 12.1 Å². The molecule has 0 N–H and O–H groups in total. The Labute approximate surface area is 133 Å². The van der Waals surface area contributed by atoms with Crippen molar-refractivity contribution in [3.63, 3.8) is 0 Å². The molecule has 0 aliphatic rings. The molecule has 0 spiro atoms. The third-order valence-electron chi connectivity index (χ3n) is 3.18. The Hall–Kier alpha value is -1.23. The molecule has 0 aromatic heterocycles. The second kappa shape index (κ2) is 9.03. The number of halogens is 4. The third kappa shape index (κ3) is 5.87. The Balaban J connectivity index is 2.85. The molecule has 0 amide bonds. The van der Waals surface area contributed by atoms with E-state index >= 15 is 0 Å². The monoisotopic (exact) mass is 336 g/mol. The van der Waals surface area contributed by atoms with Gasteiger partial charge >= 0.3 is 6.18 Å². The molecule has 0 radical (unpaired) electrons. The van der Waals surface area contributed by atoms with Gasteiger partial charge in [-0.1, -0.05) is 26.2 Å². The lowest BCUT2D eigenvalue weighted by Gasteiger charge is -2.15. The minimum Gasteiger partial charge on any atom is -0.493 e. The Bertz CT molecular complexity index is 487. The molecule has 2 nitrogen and oxygen atoms in total. The number of hydrogen-bond acceptors (Lipinski definition) is 2. The number of benzene rings is 1. The van der Waals surface area contributed by atoms with Gasteiger partial charge in [-0.2, -0.15) is 13.2 Å². The molecule has 0 bridgehead atoms. The van der Waals surface area contributed by atoms with Crippen molar-refractivity contribution < 1.29 is 22.7 Å². The number of Topliss-reactive ketones (excluding diaryl/α,β-unsaturated/α-hetero) is 1. The molecule has 1 rings (SSSR count). The van der Waals surface area contributed by atoms with Crippen LogP contribution in [0.4, 0.5) is 13.2 Å². The molecule has 1 aromatic rings. The average molecular weight is 337 g/mol. The van der Waals surface area contributed by atoms with Crippen molar-refractivity contribution in [3.05, 3.63) is 29.3 Å². The first-order valence-electron chi connectivity index (χ1n) is 7.33. The molecule has 1 aromatic carbocycles. The van der Waals surface area contributed by atoms with Crippen LogP contribution in [0.1, 0.15) is 54.9 Å². The second-order valence-electron chi connectivity index (χ2n) is 4.98. The van der Waals surface area contributed by atoms with E-state index in [4.69, 9.17) is 16.3 Å². The maximum absolute atomic E-state index is 13.1. The number of hydrogen-bond donors (Lipinski definition) is 0. The molecule has 0 saturated carbocycles. The number of rotatable bonds is 9. The summed E-state index contributed by atoms with van der Waals surface area (Å²) in [7, 11) is 0. The topological polar surface area (TPSA) is 26.3 Å². The fourth-order valence-electron chi connectivity index (χ4n) is 1.99. The summed E-state index contributed by atoms with van der Waals surface area (Å²) in [4.78, 5) is 11.7. The Morgan fingerprint density at radius 3 is 2.55 bits per heavy atom. The van der Waals surface area contributed by atoms with Crippen LogP contribution in [0.3, 0.4) is 0 Å². The number of carbonyl (C=O) groups excluding carboxylic acids is 1. The summed E-state index contributed by atoms with van der Waals surface area (Å²) >= 11 is 5.45. The fraction of sp³-hybridized carbons (Fsp3) is 0.562. The van der Waals surface area contributed by atoms with Gasteiger partial charge in [0.2, 0.25) is 0 Å². The molecule has 0 atom stereocenters. The highest BCUT2D eigenvalue weighted by Gasteiger charge is 2.35. The zero-order valence-corrected chi connectivity index (χ0v) is 13.3. The summed E-state index contributed by atoms with van der Waals surface area (Å²) in [6.45, 7) is 2.29. The van der Waals surface area contributed by atoms with Gasteiger partial charge in [0, 0.05) is 17.9 Å². The molecule has 0 fully saturated rings. The van der Waals surface area contributed by atoms with E-state index in [1.54, 1.807) is 0 Å². The van der Waals surface area contributed by atoms with Crippen LogP contribution in [0.5, 0.6) is 5.75 Å². The summed E-state index contributed by atoms with van der Waals surface area (Å²) in [5.74, 6) is -0.558. The standard InChI is InChI=1S/C16H20ClF3O2/c1-2-3-4-5-10-22-15-7-6-12(14(21)8-9-17)11-13(15)16(18,19)20/h6-7,11H,2-5,8-10H2,1H3. The number of unbranched alkanes of at least 4 members (excludes halogenated alkanes) is 3. The normalized spacial score (nSPS) is 11.5. The first-order valence-corrected chi connectivity index (χ1v) is 7.86. The summed E-state index contributed by atoms with van der Waals surface area (Å²) in [6.07, 6.45) is -0.846. The first-order chi connectivity index (χ1) is 10.4. The van der Waals surface area contributed by atoms with Gasteiger partial charge in [-0.05, 0) is 24.6 Å². The Morgan fingerprint density at radius 2 is 1.95 bits per heavy atom. The molecule has 0 unspecified atom stereocenters. The number of ketones is 1. The predicted octanol–water partition coefficient (Wildman–Crippen LogP) is 5.48. The van der Waals surface area contributed by atoms with Crippen LogP contribution < -0.4 is 4.74 Å². The lowest BCUT2D eigenvalue weighted by Crippen LogP contribution is -2.11. The van der Waals surface area contributed by atoms with Crippen molar-refractivity contribution in [1.82, 2.24) is 0 Å². The molecular weight excluding hydrogens is 317 g/mol. The molecule has 0 aliphatic carbocycles. The zero-order chi connectivity index (χ0) is 16.6. The van der Waals surface area contributed by atoms with E-state index in [2.05, 4.69) is 6.92 Å². The Kier molecular flexibility index (Phi) is 7.73. The van der Waals surface area contributed by atoms with Crippen molar-refractivity contribution in [2.45, 2.75) is 45.2 Å².